The van der Waals surface area contributed by atoms with Crippen molar-refractivity contribution in [2.24, 2.45) is 5.73 Å². The van der Waals surface area contributed by atoms with Crippen LogP contribution in [0.1, 0.15) is 13.3 Å². The van der Waals surface area contributed by atoms with Gasteiger partial charge in [-0.2, -0.15) is 0 Å². The summed E-state index contributed by atoms with van der Waals surface area (Å²) in [5, 5.41) is 0. The summed E-state index contributed by atoms with van der Waals surface area (Å²) >= 11 is 4.86. The molecule has 18 heavy (non-hydrogen) atoms. The fraction of sp³-hybridized carbons (Fsp3) is 0.455. The average molecular weight is 287 g/mol. The smallest absolute Gasteiger partial charge is 0.179 e. The molecule has 0 bridgehead atoms. The maximum absolute atomic E-state index is 11.7. The molecule has 1 aromatic rings. The number of rotatable bonds is 5. The third-order valence-electron chi connectivity index (χ3n) is 2.64. The summed E-state index contributed by atoms with van der Waals surface area (Å²) in [4.78, 5) is 6.51. The van der Waals surface area contributed by atoms with Crippen LogP contribution in [0.4, 0.5) is 5.82 Å². The Morgan fingerprint density at radius 3 is 2.72 bits per heavy atom. The molecule has 7 heteroatoms. The highest BCUT2D eigenvalue weighted by Gasteiger charge is 2.20. The first-order valence-electron chi connectivity index (χ1n) is 5.39. The summed E-state index contributed by atoms with van der Waals surface area (Å²) in [5.74, 6) is 0.420. The number of hydrogen-bond donors (Lipinski definition) is 1. The van der Waals surface area contributed by atoms with Crippen LogP contribution in [0.5, 0.6) is 0 Å². The fourth-order valence-corrected chi connectivity index (χ4v) is 2.67. The van der Waals surface area contributed by atoms with Gasteiger partial charge in [0.15, 0.2) is 9.84 Å². The van der Waals surface area contributed by atoms with Gasteiger partial charge in [-0.1, -0.05) is 12.2 Å². The van der Waals surface area contributed by atoms with Crippen molar-refractivity contribution in [3.8, 4) is 0 Å². The van der Waals surface area contributed by atoms with Crippen LogP contribution in [-0.2, 0) is 9.84 Å². The first kappa shape index (κ1) is 14.8. The standard InChI is InChI=1S/C11H17N3O2S2/c1-8(7-10(12)17)14(2)11-9(18(3,15)16)5-4-6-13-11/h4-6,8H,7H2,1-3H3,(H2,12,17). The summed E-state index contributed by atoms with van der Waals surface area (Å²) in [6, 6.07) is 3.13. The van der Waals surface area contributed by atoms with E-state index in [4.69, 9.17) is 18.0 Å². The predicted molar refractivity (Wildman–Crippen MR) is 76.6 cm³/mol. The lowest BCUT2D eigenvalue weighted by atomic mass is 10.2. The molecule has 1 atom stereocenters. The zero-order chi connectivity index (χ0) is 13.9. The van der Waals surface area contributed by atoms with Crippen molar-refractivity contribution in [2.45, 2.75) is 24.3 Å². The highest BCUT2D eigenvalue weighted by Crippen LogP contribution is 2.23. The van der Waals surface area contributed by atoms with Gasteiger partial charge in [0.05, 0.1) is 4.99 Å². The molecule has 0 saturated carbocycles. The molecule has 2 N–H and O–H groups in total. The highest BCUT2D eigenvalue weighted by molar-refractivity contribution is 7.90. The zero-order valence-corrected chi connectivity index (χ0v) is 12.3. The number of thiocarbonyl (C=S) groups is 1. The number of anilines is 1. The van der Waals surface area contributed by atoms with Gasteiger partial charge in [-0.05, 0) is 19.1 Å². The molecule has 0 spiro atoms. The Morgan fingerprint density at radius 2 is 2.22 bits per heavy atom. The monoisotopic (exact) mass is 287 g/mol. The summed E-state index contributed by atoms with van der Waals surface area (Å²) in [7, 11) is -1.53. The molecular weight excluding hydrogens is 270 g/mol. The van der Waals surface area contributed by atoms with Gasteiger partial charge in [0.1, 0.15) is 10.7 Å². The molecular formula is C11H17N3O2S2. The lowest BCUT2D eigenvalue weighted by molar-refractivity contribution is 0.600. The number of nitrogens with zero attached hydrogens (tertiary/aromatic N) is 2. The van der Waals surface area contributed by atoms with Crippen LogP contribution in [0.2, 0.25) is 0 Å². The number of aromatic nitrogens is 1. The molecule has 1 aromatic heterocycles. The van der Waals surface area contributed by atoms with Crippen molar-refractivity contribution in [1.29, 1.82) is 0 Å². The Morgan fingerprint density at radius 1 is 1.61 bits per heavy atom. The number of nitrogens with two attached hydrogens (primary N) is 1. The lowest BCUT2D eigenvalue weighted by Crippen LogP contribution is -2.34. The average Bonchev–Trinajstić information content (AvgIpc) is 2.26. The van der Waals surface area contributed by atoms with Gasteiger partial charge in [-0.3, -0.25) is 0 Å². The predicted octanol–water partition coefficient (Wildman–Crippen LogP) is 0.986. The van der Waals surface area contributed by atoms with E-state index < -0.39 is 9.84 Å². The van der Waals surface area contributed by atoms with Crippen LogP contribution in [-0.4, -0.2) is 37.7 Å². The van der Waals surface area contributed by atoms with Crippen LogP contribution in [0.15, 0.2) is 23.2 Å². The summed E-state index contributed by atoms with van der Waals surface area (Å²) < 4.78 is 23.4. The van der Waals surface area contributed by atoms with E-state index in [1.165, 1.54) is 6.26 Å². The second-order valence-electron chi connectivity index (χ2n) is 4.23. The quantitative estimate of drug-likeness (QED) is 0.814. The van der Waals surface area contributed by atoms with Gasteiger partial charge in [0, 0.05) is 32.0 Å². The Bertz CT molecular complexity index is 543. The molecule has 0 aliphatic carbocycles. The van der Waals surface area contributed by atoms with Gasteiger partial charge in [0.25, 0.3) is 0 Å². The lowest BCUT2D eigenvalue weighted by Gasteiger charge is -2.27. The molecule has 0 aromatic carbocycles. The van der Waals surface area contributed by atoms with Gasteiger partial charge >= 0.3 is 0 Å². The minimum atomic E-state index is -3.31. The summed E-state index contributed by atoms with van der Waals surface area (Å²) in [6.45, 7) is 1.92. The Kier molecular flexibility index (Phi) is 4.64. The van der Waals surface area contributed by atoms with Crippen molar-refractivity contribution < 1.29 is 8.42 Å². The van der Waals surface area contributed by atoms with Crippen LogP contribution in [0.25, 0.3) is 0 Å². The topological polar surface area (TPSA) is 76.3 Å². The van der Waals surface area contributed by atoms with E-state index in [1.54, 1.807) is 30.3 Å². The molecule has 100 valence electrons. The third kappa shape index (κ3) is 3.64. The molecule has 0 fully saturated rings. The first-order chi connectivity index (χ1) is 8.23. The fourth-order valence-electron chi connectivity index (χ4n) is 1.57. The maximum atomic E-state index is 11.7. The van der Waals surface area contributed by atoms with Crippen molar-refractivity contribution >= 4 is 32.9 Å². The molecule has 5 nitrogen and oxygen atoms in total. The normalized spacial score (nSPS) is 13.1. The minimum Gasteiger partial charge on any atom is -0.393 e. The summed E-state index contributed by atoms with van der Waals surface area (Å²) in [6.07, 6.45) is 3.24. The largest absolute Gasteiger partial charge is 0.393 e. The van der Waals surface area contributed by atoms with Gasteiger partial charge in [-0.25, -0.2) is 13.4 Å². The van der Waals surface area contributed by atoms with Crippen molar-refractivity contribution in [3.05, 3.63) is 18.3 Å². The third-order valence-corrected chi connectivity index (χ3v) is 3.93. The van der Waals surface area contributed by atoms with Crippen LogP contribution in [0.3, 0.4) is 0 Å². The molecule has 0 amide bonds. The van der Waals surface area contributed by atoms with E-state index in [9.17, 15) is 8.42 Å². The maximum Gasteiger partial charge on any atom is 0.179 e. The SMILES string of the molecule is CC(CC(N)=S)N(C)c1ncccc1S(C)(=O)=O. The van der Waals surface area contributed by atoms with Crippen LogP contribution < -0.4 is 10.6 Å². The number of hydrogen-bond acceptors (Lipinski definition) is 5. The van der Waals surface area contributed by atoms with Gasteiger partial charge in [0.2, 0.25) is 0 Å². The molecule has 0 aliphatic rings. The van der Waals surface area contributed by atoms with Crippen molar-refractivity contribution in [1.82, 2.24) is 4.98 Å². The Labute approximate surface area is 113 Å². The molecule has 0 aliphatic heterocycles. The zero-order valence-electron chi connectivity index (χ0n) is 10.6. The van der Waals surface area contributed by atoms with E-state index in [0.29, 0.717) is 17.2 Å². The van der Waals surface area contributed by atoms with E-state index in [2.05, 4.69) is 4.98 Å². The summed E-state index contributed by atoms with van der Waals surface area (Å²) in [5.41, 5.74) is 5.50. The van der Waals surface area contributed by atoms with E-state index >= 15 is 0 Å². The van der Waals surface area contributed by atoms with E-state index in [1.807, 2.05) is 6.92 Å². The van der Waals surface area contributed by atoms with Gasteiger partial charge in [-0.15, -0.1) is 0 Å². The van der Waals surface area contributed by atoms with E-state index in [0.717, 1.165) is 0 Å². The van der Waals surface area contributed by atoms with Crippen molar-refractivity contribution in [3.63, 3.8) is 0 Å². The van der Waals surface area contributed by atoms with Crippen LogP contribution in [0, 0.1) is 0 Å². The van der Waals surface area contributed by atoms with E-state index in [-0.39, 0.29) is 10.9 Å². The molecule has 0 radical (unpaired) electrons. The second kappa shape index (κ2) is 5.62. The molecule has 1 heterocycles. The number of pyridine rings is 1. The van der Waals surface area contributed by atoms with Gasteiger partial charge < -0.3 is 10.6 Å². The Hall–Kier alpha value is -1.21. The first-order valence-corrected chi connectivity index (χ1v) is 7.69. The highest BCUT2D eigenvalue weighted by atomic mass is 32.2. The number of sulfone groups is 1. The molecule has 1 unspecified atom stereocenters. The molecule has 1 rings (SSSR count). The minimum absolute atomic E-state index is 0.0158. The van der Waals surface area contributed by atoms with Crippen molar-refractivity contribution in [2.75, 3.05) is 18.2 Å². The second-order valence-corrected chi connectivity index (χ2v) is 6.74. The Balaban J connectivity index is 3.14. The molecule has 0 saturated heterocycles. The van der Waals surface area contributed by atoms with Crippen LogP contribution >= 0.6 is 12.2 Å².